The lowest BCUT2D eigenvalue weighted by molar-refractivity contribution is -0.152. The van der Waals surface area contributed by atoms with Gasteiger partial charge >= 0.3 is 5.97 Å². The monoisotopic (exact) mass is 306 g/mol. The van der Waals surface area contributed by atoms with Crippen LogP contribution in [0.2, 0.25) is 0 Å². The van der Waals surface area contributed by atoms with Gasteiger partial charge in [0.25, 0.3) is 0 Å². The number of halogens is 1. The average molecular weight is 306 g/mol. The van der Waals surface area contributed by atoms with Crippen LogP contribution in [0.5, 0.6) is 0 Å². The van der Waals surface area contributed by atoms with Crippen molar-refractivity contribution in [2.45, 2.75) is 31.8 Å². The predicted molar refractivity (Wildman–Crippen MR) is 79.2 cm³/mol. The summed E-state index contributed by atoms with van der Waals surface area (Å²) < 4.78 is 13.8. The van der Waals surface area contributed by atoms with Crippen LogP contribution in [0.4, 0.5) is 4.39 Å². The molecule has 3 rings (SSSR count). The van der Waals surface area contributed by atoms with E-state index < -0.39 is 11.4 Å². The Labute approximate surface area is 128 Å². The van der Waals surface area contributed by atoms with Crippen LogP contribution in [-0.4, -0.2) is 36.0 Å². The van der Waals surface area contributed by atoms with Crippen LogP contribution in [0.3, 0.4) is 0 Å². The third-order valence-electron chi connectivity index (χ3n) is 4.46. The summed E-state index contributed by atoms with van der Waals surface area (Å²) in [6, 6.07) is 6.42. The second-order valence-corrected chi connectivity index (χ2v) is 6.02. The van der Waals surface area contributed by atoms with Gasteiger partial charge in [-0.25, -0.2) is 4.39 Å². The van der Waals surface area contributed by atoms with E-state index in [1.165, 1.54) is 6.07 Å². The number of hydrogen-bond acceptors (Lipinski definition) is 4. The number of nitrogens with one attached hydrogen (secondary N) is 1. The Morgan fingerprint density at radius 1 is 1.50 bits per heavy atom. The third kappa shape index (κ3) is 2.83. The minimum absolute atomic E-state index is 0.314. The SMILES string of the molecule is O=C(O)[C@]1(C[C@H]2CC(c3ccccc3F)=NO2)CCCNC1. The molecule has 2 aliphatic heterocycles. The van der Waals surface area contributed by atoms with Gasteiger partial charge in [-0.05, 0) is 25.5 Å². The summed E-state index contributed by atoms with van der Waals surface area (Å²) in [5.41, 5.74) is 0.159. The summed E-state index contributed by atoms with van der Waals surface area (Å²) in [5, 5.41) is 16.7. The van der Waals surface area contributed by atoms with Crippen LogP contribution in [0.1, 0.15) is 31.2 Å². The molecule has 0 aromatic heterocycles. The van der Waals surface area contributed by atoms with E-state index in [0.717, 1.165) is 13.0 Å². The minimum Gasteiger partial charge on any atom is -0.481 e. The number of carboxylic acids is 1. The fourth-order valence-electron chi connectivity index (χ4n) is 3.24. The highest BCUT2D eigenvalue weighted by Crippen LogP contribution is 2.35. The Kier molecular flexibility index (Phi) is 4.11. The minimum atomic E-state index is -0.816. The molecule has 1 saturated heterocycles. The lowest BCUT2D eigenvalue weighted by Gasteiger charge is -2.34. The van der Waals surface area contributed by atoms with E-state index in [2.05, 4.69) is 10.5 Å². The van der Waals surface area contributed by atoms with Crippen molar-refractivity contribution in [1.29, 1.82) is 0 Å². The first-order valence-corrected chi connectivity index (χ1v) is 7.52. The number of carbonyl (C=O) groups is 1. The van der Waals surface area contributed by atoms with E-state index in [0.29, 0.717) is 37.1 Å². The first-order chi connectivity index (χ1) is 10.6. The molecule has 0 unspecified atom stereocenters. The van der Waals surface area contributed by atoms with Gasteiger partial charge in [-0.2, -0.15) is 0 Å². The van der Waals surface area contributed by atoms with E-state index in [1.54, 1.807) is 18.2 Å². The van der Waals surface area contributed by atoms with Crippen molar-refractivity contribution < 1.29 is 19.1 Å². The maximum atomic E-state index is 13.8. The van der Waals surface area contributed by atoms with Gasteiger partial charge in [-0.3, -0.25) is 4.79 Å². The zero-order chi connectivity index (χ0) is 15.6. The van der Waals surface area contributed by atoms with Crippen LogP contribution in [0, 0.1) is 11.2 Å². The van der Waals surface area contributed by atoms with E-state index in [-0.39, 0.29) is 11.9 Å². The fourth-order valence-corrected chi connectivity index (χ4v) is 3.24. The normalized spacial score (nSPS) is 28.0. The molecule has 6 heteroatoms. The highest BCUT2D eigenvalue weighted by atomic mass is 19.1. The molecule has 0 spiro atoms. The highest BCUT2D eigenvalue weighted by Gasteiger charge is 2.43. The predicted octanol–water partition coefficient (Wildman–Crippen LogP) is 2.16. The molecule has 0 radical (unpaired) electrons. The van der Waals surface area contributed by atoms with Crippen molar-refractivity contribution in [2.24, 2.45) is 10.6 Å². The van der Waals surface area contributed by atoms with Gasteiger partial charge in [-0.15, -0.1) is 0 Å². The molecule has 2 aliphatic rings. The zero-order valence-electron chi connectivity index (χ0n) is 12.2. The van der Waals surface area contributed by atoms with Gasteiger partial charge in [0.2, 0.25) is 0 Å². The van der Waals surface area contributed by atoms with Gasteiger partial charge in [0, 0.05) is 24.9 Å². The van der Waals surface area contributed by atoms with Crippen LogP contribution >= 0.6 is 0 Å². The smallest absolute Gasteiger partial charge is 0.311 e. The number of nitrogens with zero attached hydrogens (tertiary/aromatic N) is 1. The first-order valence-electron chi connectivity index (χ1n) is 7.52. The summed E-state index contributed by atoms with van der Waals surface area (Å²) in [4.78, 5) is 17.1. The van der Waals surface area contributed by atoms with Crippen molar-refractivity contribution in [3.05, 3.63) is 35.6 Å². The zero-order valence-corrected chi connectivity index (χ0v) is 12.2. The van der Waals surface area contributed by atoms with Gasteiger partial charge in [0.15, 0.2) is 0 Å². The summed E-state index contributed by atoms with van der Waals surface area (Å²) in [6.07, 6.45) is 1.97. The summed E-state index contributed by atoms with van der Waals surface area (Å²) in [7, 11) is 0. The molecule has 22 heavy (non-hydrogen) atoms. The summed E-state index contributed by atoms with van der Waals surface area (Å²) >= 11 is 0. The number of aliphatic carboxylic acids is 1. The molecule has 1 aromatic carbocycles. The molecular weight excluding hydrogens is 287 g/mol. The molecule has 5 nitrogen and oxygen atoms in total. The second-order valence-electron chi connectivity index (χ2n) is 6.02. The largest absolute Gasteiger partial charge is 0.481 e. The average Bonchev–Trinajstić information content (AvgIpc) is 2.96. The number of hydrogen-bond donors (Lipinski definition) is 2. The number of piperidine rings is 1. The van der Waals surface area contributed by atoms with E-state index in [1.807, 2.05) is 0 Å². The summed E-state index contributed by atoms with van der Waals surface area (Å²) in [6.45, 7) is 1.29. The second kappa shape index (κ2) is 6.04. The van der Waals surface area contributed by atoms with Crippen molar-refractivity contribution in [2.75, 3.05) is 13.1 Å². The standard InChI is InChI=1S/C16H19FN2O3/c17-13-5-2-1-4-12(13)14-8-11(22-19-14)9-16(15(20)21)6-3-7-18-10-16/h1-2,4-5,11,18H,3,6-10H2,(H,20,21)/t11-,16+/m1/s1. The van der Waals surface area contributed by atoms with Gasteiger partial charge in [0.05, 0.1) is 11.1 Å². The summed E-state index contributed by atoms with van der Waals surface area (Å²) in [5.74, 6) is -1.14. The molecule has 0 bridgehead atoms. The number of benzene rings is 1. The topological polar surface area (TPSA) is 70.9 Å². The molecular formula is C16H19FN2O3. The van der Waals surface area contributed by atoms with Crippen LogP contribution < -0.4 is 5.32 Å². The van der Waals surface area contributed by atoms with E-state index in [4.69, 9.17) is 4.84 Å². The van der Waals surface area contributed by atoms with Crippen molar-refractivity contribution in [3.63, 3.8) is 0 Å². The Morgan fingerprint density at radius 3 is 3.00 bits per heavy atom. The van der Waals surface area contributed by atoms with Crippen molar-refractivity contribution in [3.8, 4) is 0 Å². The van der Waals surface area contributed by atoms with E-state index in [9.17, 15) is 14.3 Å². The maximum Gasteiger partial charge on any atom is 0.311 e. The molecule has 0 amide bonds. The van der Waals surface area contributed by atoms with Gasteiger partial charge in [0.1, 0.15) is 11.9 Å². The van der Waals surface area contributed by atoms with Crippen LogP contribution in [0.15, 0.2) is 29.4 Å². The first kappa shape index (κ1) is 15.0. The maximum absolute atomic E-state index is 13.8. The Hall–Kier alpha value is -1.95. The van der Waals surface area contributed by atoms with Crippen LogP contribution in [0.25, 0.3) is 0 Å². The van der Waals surface area contributed by atoms with Gasteiger partial charge < -0.3 is 15.3 Å². The Balaban J connectivity index is 1.69. The molecule has 2 heterocycles. The molecule has 0 aliphatic carbocycles. The molecule has 118 valence electrons. The lowest BCUT2D eigenvalue weighted by atomic mass is 9.75. The van der Waals surface area contributed by atoms with E-state index >= 15 is 0 Å². The van der Waals surface area contributed by atoms with Gasteiger partial charge in [-0.1, -0.05) is 23.4 Å². The molecule has 0 saturated carbocycles. The quantitative estimate of drug-likeness (QED) is 0.894. The Morgan fingerprint density at radius 2 is 2.32 bits per heavy atom. The van der Waals surface area contributed by atoms with Crippen LogP contribution in [-0.2, 0) is 9.63 Å². The van der Waals surface area contributed by atoms with Crippen molar-refractivity contribution >= 4 is 11.7 Å². The molecule has 1 aromatic rings. The molecule has 1 fully saturated rings. The highest BCUT2D eigenvalue weighted by molar-refractivity contribution is 6.01. The fraction of sp³-hybridized carbons (Fsp3) is 0.500. The number of rotatable bonds is 4. The number of carboxylic acid groups (broad SMARTS) is 1. The Bertz CT molecular complexity index is 597. The lowest BCUT2D eigenvalue weighted by Crippen LogP contribution is -2.47. The van der Waals surface area contributed by atoms with Crippen molar-refractivity contribution in [1.82, 2.24) is 5.32 Å². The third-order valence-corrected chi connectivity index (χ3v) is 4.46. The number of oxime groups is 1. The molecule has 2 atom stereocenters. The molecule has 2 N–H and O–H groups in total.